The first-order valence-electron chi connectivity index (χ1n) is 9.02. The third kappa shape index (κ3) is 4.27. The van der Waals surface area contributed by atoms with Crippen molar-refractivity contribution in [3.63, 3.8) is 0 Å². The zero-order valence-electron chi connectivity index (χ0n) is 15.6. The highest BCUT2D eigenvalue weighted by molar-refractivity contribution is 7.22. The molecule has 29 heavy (non-hydrogen) atoms. The Balaban J connectivity index is 1.73. The minimum Gasteiger partial charge on any atom is -0.282 e. The molecule has 4 rings (SSSR count). The van der Waals surface area contributed by atoms with E-state index in [0.717, 1.165) is 27.0 Å². The number of carbonyl (C=O) groups excluding carboxylic acids is 1. The summed E-state index contributed by atoms with van der Waals surface area (Å²) in [6, 6.07) is 16.8. The molecule has 0 unspecified atom stereocenters. The summed E-state index contributed by atoms with van der Waals surface area (Å²) in [5.74, 6) is -0.0911. The van der Waals surface area contributed by atoms with Gasteiger partial charge in [-0.15, -0.1) is 0 Å². The van der Waals surface area contributed by atoms with E-state index in [1.807, 2.05) is 55.5 Å². The fourth-order valence-corrected chi connectivity index (χ4v) is 4.42. The molecule has 0 aliphatic rings. The Kier molecular flexibility index (Phi) is 5.81. The Labute approximate surface area is 182 Å². The van der Waals surface area contributed by atoms with Gasteiger partial charge in [-0.25, -0.2) is 4.98 Å². The lowest BCUT2D eigenvalue weighted by Crippen LogP contribution is -2.32. The third-order valence-corrected chi connectivity index (χ3v) is 6.44. The standard InChI is InChI=1S/C22H17Cl2N3OS/c1-14-17(23)9-10-19-21(14)26-22(29-19)27(13-16-7-4-5-11-25-16)20(28)12-15-6-2-3-8-18(15)24/h2-11H,12-13H2,1H3. The van der Waals surface area contributed by atoms with Crippen molar-refractivity contribution < 1.29 is 4.79 Å². The topological polar surface area (TPSA) is 46.1 Å². The number of aromatic nitrogens is 2. The highest BCUT2D eigenvalue weighted by atomic mass is 35.5. The SMILES string of the molecule is Cc1c(Cl)ccc2sc(N(Cc3ccccn3)C(=O)Cc3ccccc3Cl)nc12. The van der Waals surface area contributed by atoms with Gasteiger partial charge in [0, 0.05) is 16.2 Å². The van der Waals surface area contributed by atoms with Crippen LogP contribution in [-0.4, -0.2) is 15.9 Å². The predicted octanol–water partition coefficient (Wildman–Crippen LogP) is 6.08. The maximum absolute atomic E-state index is 13.3. The van der Waals surface area contributed by atoms with E-state index >= 15 is 0 Å². The zero-order chi connectivity index (χ0) is 20.4. The van der Waals surface area contributed by atoms with E-state index in [1.165, 1.54) is 11.3 Å². The van der Waals surface area contributed by atoms with E-state index in [0.29, 0.717) is 21.7 Å². The van der Waals surface area contributed by atoms with Crippen LogP contribution in [0.1, 0.15) is 16.8 Å². The maximum Gasteiger partial charge on any atom is 0.233 e. The van der Waals surface area contributed by atoms with Crippen LogP contribution in [0.5, 0.6) is 0 Å². The molecule has 2 aromatic carbocycles. The van der Waals surface area contributed by atoms with Crippen molar-refractivity contribution in [2.24, 2.45) is 0 Å². The lowest BCUT2D eigenvalue weighted by Gasteiger charge is -2.20. The van der Waals surface area contributed by atoms with E-state index in [9.17, 15) is 4.79 Å². The number of carbonyl (C=O) groups is 1. The molecule has 0 bridgehead atoms. The smallest absolute Gasteiger partial charge is 0.233 e. The van der Waals surface area contributed by atoms with Gasteiger partial charge in [-0.2, -0.15) is 0 Å². The van der Waals surface area contributed by atoms with Crippen molar-refractivity contribution in [1.29, 1.82) is 0 Å². The van der Waals surface area contributed by atoms with Crippen molar-refractivity contribution in [3.05, 3.63) is 87.7 Å². The molecule has 146 valence electrons. The van der Waals surface area contributed by atoms with Crippen molar-refractivity contribution >= 4 is 55.8 Å². The summed E-state index contributed by atoms with van der Waals surface area (Å²) in [6.45, 7) is 2.26. The van der Waals surface area contributed by atoms with E-state index in [1.54, 1.807) is 17.2 Å². The molecular weight excluding hydrogens is 425 g/mol. The van der Waals surface area contributed by atoms with Crippen molar-refractivity contribution in [1.82, 2.24) is 9.97 Å². The van der Waals surface area contributed by atoms with Crippen LogP contribution in [0.25, 0.3) is 10.2 Å². The second-order valence-corrected chi connectivity index (χ2v) is 8.41. The average Bonchev–Trinajstić information content (AvgIpc) is 3.16. The highest BCUT2D eigenvalue weighted by Gasteiger charge is 2.22. The maximum atomic E-state index is 13.3. The number of hydrogen-bond acceptors (Lipinski definition) is 4. The van der Waals surface area contributed by atoms with Crippen molar-refractivity contribution in [3.8, 4) is 0 Å². The van der Waals surface area contributed by atoms with E-state index < -0.39 is 0 Å². The molecule has 0 aliphatic heterocycles. The van der Waals surface area contributed by atoms with Gasteiger partial charge in [0.25, 0.3) is 0 Å². The normalized spacial score (nSPS) is 11.0. The highest BCUT2D eigenvalue weighted by Crippen LogP contribution is 2.34. The number of pyridine rings is 1. The van der Waals surface area contributed by atoms with E-state index in [4.69, 9.17) is 28.2 Å². The zero-order valence-corrected chi connectivity index (χ0v) is 17.9. The van der Waals surface area contributed by atoms with Crippen LogP contribution in [-0.2, 0) is 17.8 Å². The Morgan fingerprint density at radius 3 is 2.59 bits per heavy atom. The molecular formula is C22H17Cl2N3OS. The van der Waals surface area contributed by atoms with Gasteiger partial charge in [0.1, 0.15) is 0 Å². The quantitative estimate of drug-likeness (QED) is 0.376. The number of halogens is 2. The van der Waals surface area contributed by atoms with Crippen LogP contribution < -0.4 is 4.90 Å². The number of amides is 1. The van der Waals surface area contributed by atoms with Gasteiger partial charge >= 0.3 is 0 Å². The summed E-state index contributed by atoms with van der Waals surface area (Å²) in [7, 11) is 0. The Bertz CT molecular complexity index is 1180. The fourth-order valence-electron chi connectivity index (χ4n) is 3.02. The molecule has 0 saturated heterocycles. The molecule has 0 atom stereocenters. The largest absolute Gasteiger partial charge is 0.282 e. The van der Waals surface area contributed by atoms with Crippen molar-refractivity contribution in [2.45, 2.75) is 19.9 Å². The minimum absolute atomic E-state index is 0.0911. The first kappa shape index (κ1) is 19.8. The van der Waals surface area contributed by atoms with Crippen LogP contribution in [0.4, 0.5) is 5.13 Å². The van der Waals surface area contributed by atoms with Crippen LogP contribution in [0, 0.1) is 6.92 Å². The Hall–Kier alpha value is -2.47. The van der Waals surface area contributed by atoms with Gasteiger partial charge in [0.15, 0.2) is 5.13 Å². The number of rotatable bonds is 5. The molecule has 4 aromatic rings. The van der Waals surface area contributed by atoms with Crippen molar-refractivity contribution in [2.75, 3.05) is 4.90 Å². The molecule has 0 N–H and O–H groups in total. The molecule has 0 radical (unpaired) electrons. The van der Waals surface area contributed by atoms with Gasteiger partial charge in [0.2, 0.25) is 5.91 Å². The molecule has 0 saturated carbocycles. The van der Waals surface area contributed by atoms with Gasteiger partial charge in [-0.05, 0) is 48.4 Å². The van der Waals surface area contributed by atoms with E-state index in [-0.39, 0.29) is 12.3 Å². The molecule has 1 amide bonds. The first-order valence-corrected chi connectivity index (χ1v) is 10.6. The first-order chi connectivity index (χ1) is 14.0. The number of aryl methyl sites for hydroxylation is 1. The molecule has 4 nitrogen and oxygen atoms in total. The third-order valence-electron chi connectivity index (χ3n) is 4.61. The summed E-state index contributed by atoms with van der Waals surface area (Å²) < 4.78 is 0.985. The molecule has 0 aliphatic carbocycles. The summed E-state index contributed by atoms with van der Waals surface area (Å²) in [6.07, 6.45) is 1.90. The predicted molar refractivity (Wildman–Crippen MR) is 120 cm³/mol. The molecule has 7 heteroatoms. The van der Waals surface area contributed by atoms with Gasteiger partial charge in [0.05, 0.1) is 28.9 Å². The van der Waals surface area contributed by atoms with Gasteiger partial charge in [-0.3, -0.25) is 14.7 Å². The Morgan fingerprint density at radius 1 is 1.03 bits per heavy atom. The average molecular weight is 442 g/mol. The monoisotopic (exact) mass is 441 g/mol. The second-order valence-electron chi connectivity index (χ2n) is 6.58. The van der Waals surface area contributed by atoms with Gasteiger partial charge < -0.3 is 0 Å². The number of benzene rings is 2. The second kappa shape index (κ2) is 8.49. The number of fused-ring (bicyclic) bond motifs is 1. The summed E-state index contributed by atoms with van der Waals surface area (Å²) in [4.78, 5) is 24.1. The summed E-state index contributed by atoms with van der Waals surface area (Å²) >= 11 is 14.0. The summed E-state index contributed by atoms with van der Waals surface area (Å²) in [5, 5.41) is 1.85. The van der Waals surface area contributed by atoms with Crippen LogP contribution in [0.2, 0.25) is 10.0 Å². The number of anilines is 1. The molecule has 2 heterocycles. The molecule has 0 spiro atoms. The lowest BCUT2D eigenvalue weighted by molar-refractivity contribution is -0.118. The minimum atomic E-state index is -0.0911. The number of thiazole rings is 1. The van der Waals surface area contributed by atoms with Crippen LogP contribution >= 0.6 is 34.5 Å². The van der Waals surface area contributed by atoms with Crippen LogP contribution in [0.15, 0.2) is 60.8 Å². The van der Waals surface area contributed by atoms with Crippen LogP contribution in [0.3, 0.4) is 0 Å². The van der Waals surface area contributed by atoms with Gasteiger partial charge in [-0.1, -0.05) is 58.8 Å². The number of hydrogen-bond donors (Lipinski definition) is 0. The summed E-state index contributed by atoms with van der Waals surface area (Å²) in [5.41, 5.74) is 3.29. The number of nitrogens with zero attached hydrogens (tertiary/aromatic N) is 3. The Morgan fingerprint density at radius 2 is 1.83 bits per heavy atom. The molecule has 0 fully saturated rings. The lowest BCUT2D eigenvalue weighted by atomic mass is 10.1. The van der Waals surface area contributed by atoms with E-state index in [2.05, 4.69) is 4.98 Å². The molecule has 2 aromatic heterocycles. The fraction of sp³-hybridized carbons (Fsp3) is 0.136.